The number of hydrogen-bond donors (Lipinski definition) is 1. The number of rotatable bonds is 4. The zero-order chi connectivity index (χ0) is 15.7. The summed E-state index contributed by atoms with van der Waals surface area (Å²) >= 11 is 0. The van der Waals surface area contributed by atoms with E-state index in [1.165, 1.54) is 18.2 Å². The van der Waals surface area contributed by atoms with Gasteiger partial charge in [0.05, 0.1) is 11.4 Å². The Morgan fingerprint density at radius 3 is 3.00 bits per heavy atom. The molecule has 1 N–H and O–H groups in total. The molecule has 0 aliphatic carbocycles. The first-order chi connectivity index (χ1) is 10.5. The fraction of sp³-hybridized carbons (Fsp3) is 0.429. The van der Waals surface area contributed by atoms with Gasteiger partial charge in [-0.1, -0.05) is 13.0 Å². The summed E-state index contributed by atoms with van der Waals surface area (Å²) in [5, 5.41) is 4.35. The van der Waals surface area contributed by atoms with Crippen molar-refractivity contribution in [3.8, 4) is 0 Å². The molecule has 1 aromatic carbocycles. The van der Waals surface area contributed by atoms with E-state index in [0.29, 0.717) is 19.4 Å². The van der Waals surface area contributed by atoms with E-state index in [0.717, 1.165) is 24.1 Å². The molecule has 0 bridgehead atoms. The predicted molar refractivity (Wildman–Crippen MR) is 78.2 cm³/mol. The molecule has 118 valence electrons. The number of halogens is 1. The largest absolute Gasteiger partial charge is 0.248 e. The van der Waals surface area contributed by atoms with Gasteiger partial charge in [-0.05, 0) is 24.6 Å². The summed E-state index contributed by atoms with van der Waals surface area (Å²) in [7, 11) is -3.74. The van der Waals surface area contributed by atoms with Crippen molar-refractivity contribution < 1.29 is 12.8 Å². The van der Waals surface area contributed by atoms with Crippen molar-refractivity contribution in [2.45, 2.75) is 43.7 Å². The molecule has 1 atom stereocenters. The summed E-state index contributed by atoms with van der Waals surface area (Å²) in [5.74, 6) is 1.08. The van der Waals surface area contributed by atoms with Gasteiger partial charge >= 0.3 is 0 Å². The van der Waals surface area contributed by atoms with Gasteiger partial charge < -0.3 is 0 Å². The van der Waals surface area contributed by atoms with E-state index in [4.69, 9.17) is 0 Å². The number of sulfonamides is 1. The molecule has 2 aromatic rings. The van der Waals surface area contributed by atoms with Crippen LogP contribution in [0, 0.1) is 5.82 Å². The van der Waals surface area contributed by atoms with Crippen LogP contribution in [0.5, 0.6) is 0 Å². The van der Waals surface area contributed by atoms with Gasteiger partial charge in [0.1, 0.15) is 11.6 Å². The van der Waals surface area contributed by atoms with E-state index in [1.54, 1.807) is 4.68 Å². The summed E-state index contributed by atoms with van der Waals surface area (Å²) in [6.07, 6.45) is 2.07. The minimum absolute atomic E-state index is 0.0638. The maximum Gasteiger partial charge on any atom is 0.240 e. The average molecular weight is 324 g/mol. The van der Waals surface area contributed by atoms with Gasteiger partial charge in [-0.25, -0.2) is 27.2 Å². The molecule has 2 heterocycles. The van der Waals surface area contributed by atoms with Crippen LogP contribution in [0.2, 0.25) is 0 Å². The van der Waals surface area contributed by atoms with E-state index >= 15 is 0 Å². The monoisotopic (exact) mass is 324 g/mol. The molecule has 0 fully saturated rings. The van der Waals surface area contributed by atoms with Crippen molar-refractivity contribution >= 4 is 10.0 Å². The molecule has 22 heavy (non-hydrogen) atoms. The zero-order valence-electron chi connectivity index (χ0n) is 12.2. The summed E-state index contributed by atoms with van der Waals surface area (Å²) in [6, 6.07) is 4.72. The Morgan fingerprint density at radius 2 is 2.27 bits per heavy atom. The van der Waals surface area contributed by atoms with Crippen molar-refractivity contribution in [1.82, 2.24) is 19.5 Å². The molecule has 0 radical (unpaired) electrons. The highest BCUT2D eigenvalue weighted by molar-refractivity contribution is 7.89. The topological polar surface area (TPSA) is 76.9 Å². The van der Waals surface area contributed by atoms with Crippen molar-refractivity contribution in [2.75, 3.05) is 0 Å². The third-order valence-electron chi connectivity index (χ3n) is 3.65. The number of hydrogen-bond acceptors (Lipinski definition) is 4. The molecule has 8 heteroatoms. The Balaban J connectivity index is 1.76. The molecule has 0 saturated carbocycles. The minimum Gasteiger partial charge on any atom is -0.248 e. The lowest BCUT2D eigenvalue weighted by molar-refractivity contribution is 0.394. The van der Waals surface area contributed by atoms with Crippen LogP contribution >= 0.6 is 0 Å². The third-order valence-corrected chi connectivity index (χ3v) is 5.16. The first-order valence-electron chi connectivity index (χ1n) is 7.18. The molecule has 1 aliphatic rings. The van der Waals surface area contributed by atoms with E-state index < -0.39 is 15.8 Å². The Bertz CT molecular complexity index is 788. The van der Waals surface area contributed by atoms with Crippen LogP contribution in [0.15, 0.2) is 29.2 Å². The highest BCUT2D eigenvalue weighted by atomic mass is 32.2. The maximum absolute atomic E-state index is 13.2. The number of aromatic nitrogens is 3. The summed E-state index contributed by atoms with van der Waals surface area (Å²) < 4.78 is 42.2. The summed E-state index contributed by atoms with van der Waals surface area (Å²) in [6.45, 7) is 2.42. The van der Waals surface area contributed by atoms with Crippen molar-refractivity contribution in [2.24, 2.45) is 0 Å². The predicted octanol–water partition coefficient (Wildman–Crippen LogP) is 1.27. The van der Waals surface area contributed by atoms with Crippen molar-refractivity contribution in [3.05, 3.63) is 41.7 Å². The maximum atomic E-state index is 13.2. The smallest absolute Gasteiger partial charge is 0.240 e. The van der Waals surface area contributed by atoms with Gasteiger partial charge in [0, 0.05) is 18.9 Å². The molecular weight excluding hydrogens is 307 g/mol. The molecular formula is C14H17FN4O2S. The Kier molecular flexibility index (Phi) is 3.96. The molecule has 0 saturated heterocycles. The Labute approximate surface area is 128 Å². The van der Waals surface area contributed by atoms with Gasteiger partial charge in [0.25, 0.3) is 0 Å². The zero-order valence-corrected chi connectivity index (χ0v) is 13.0. The fourth-order valence-electron chi connectivity index (χ4n) is 2.53. The second kappa shape index (κ2) is 5.77. The van der Waals surface area contributed by atoms with E-state index in [2.05, 4.69) is 14.8 Å². The van der Waals surface area contributed by atoms with Gasteiger partial charge in [-0.3, -0.25) is 0 Å². The Morgan fingerprint density at radius 1 is 1.45 bits per heavy atom. The first-order valence-corrected chi connectivity index (χ1v) is 8.67. The van der Waals surface area contributed by atoms with Crippen LogP contribution in [0.1, 0.15) is 25.0 Å². The lowest BCUT2D eigenvalue weighted by Gasteiger charge is -2.23. The number of fused-ring (bicyclic) bond motifs is 1. The molecule has 0 spiro atoms. The molecule has 1 aliphatic heterocycles. The van der Waals surface area contributed by atoms with Crippen LogP contribution in [0.4, 0.5) is 4.39 Å². The normalized spacial score (nSPS) is 18.2. The average Bonchev–Trinajstić information content (AvgIpc) is 2.89. The lowest BCUT2D eigenvalue weighted by Crippen LogP contribution is -2.41. The van der Waals surface area contributed by atoms with E-state index in [-0.39, 0.29) is 10.9 Å². The summed E-state index contributed by atoms with van der Waals surface area (Å²) in [5.41, 5.74) is 0. The van der Waals surface area contributed by atoms with Gasteiger partial charge in [-0.2, -0.15) is 5.10 Å². The van der Waals surface area contributed by atoms with E-state index in [9.17, 15) is 12.8 Å². The van der Waals surface area contributed by atoms with Crippen LogP contribution < -0.4 is 4.72 Å². The molecule has 1 aromatic heterocycles. The van der Waals surface area contributed by atoms with Crippen LogP contribution in [-0.2, 0) is 29.4 Å². The van der Waals surface area contributed by atoms with Crippen molar-refractivity contribution in [3.63, 3.8) is 0 Å². The number of nitrogens with zero attached hydrogens (tertiary/aromatic N) is 3. The minimum atomic E-state index is -3.74. The number of aryl methyl sites for hydroxylation is 2. The SMILES string of the molecule is CCc1nc2n(n1)CC(NS(=O)(=O)c1cccc(F)c1)CC2. The van der Waals surface area contributed by atoms with Gasteiger partial charge in [0.15, 0.2) is 5.82 Å². The molecule has 6 nitrogen and oxygen atoms in total. The molecule has 3 rings (SSSR count). The first kappa shape index (κ1) is 15.1. The fourth-order valence-corrected chi connectivity index (χ4v) is 3.82. The second-order valence-electron chi connectivity index (χ2n) is 5.29. The highest BCUT2D eigenvalue weighted by Crippen LogP contribution is 2.17. The number of benzene rings is 1. The van der Waals surface area contributed by atoms with Crippen LogP contribution in [0.3, 0.4) is 0 Å². The number of nitrogens with one attached hydrogen (secondary N) is 1. The molecule has 0 amide bonds. The second-order valence-corrected chi connectivity index (χ2v) is 7.01. The standard InChI is InChI=1S/C14H17FN4O2S/c1-2-13-16-14-7-6-11(9-19(14)17-13)18-22(20,21)12-5-3-4-10(15)8-12/h3-5,8,11,18H,2,6-7,9H2,1H3. The quantitative estimate of drug-likeness (QED) is 0.919. The lowest BCUT2D eigenvalue weighted by atomic mass is 10.1. The van der Waals surface area contributed by atoms with Crippen LogP contribution in [-0.4, -0.2) is 29.2 Å². The van der Waals surface area contributed by atoms with E-state index in [1.807, 2.05) is 6.92 Å². The third kappa shape index (κ3) is 3.02. The Hall–Kier alpha value is -1.80. The molecule has 1 unspecified atom stereocenters. The van der Waals surface area contributed by atoms with Crippen molar-refractivity contribution in [1.29, 1.82) is 0 Å². The highest BCUT2D eigenvalue weighted by Gasteiger charge is 2.26. The van der Waals surface area contributed by atoms with Crippen LogP contribution in [0.25, 0.3) is 0 Å². The van der Waals surface area contributed by atoms with Gasteiger partial charge in [-0.15, -0.1) is 0 Å². The van der Waals surface area contributed by atoms with Gasteiger partial charge in [0.2, 0.25) is 10.0 Å². The summed E-state index contributed by atoms with van der Waals surface area (Å²) in [4.78, 5) is 4.33.